The first-order chi connectivity index (χ1) is 5.16. The Hall–Kier alpha value is 0.540. The third kappa shape index (κ3) is 2.01. The average molecular weight is 380 g/mol. The van der Waals surface area contributed by atoms with Gasteiger partial charge >= 0.3 is 0 Å². The second-order valence-corrected chi connectivity index (χ2v) is 4.13. The molecule has 1 aromatic rings. The minimum Gasteiger partial charge on any atom is -0.246 e. The molecule has 4 heteroatoms. The van der Waals surface area contributed by atoms with E-state index in [0.29, 0.717) is 12.7 Å². The van der Waals surface area contributed by atoms with Gasteiger partial charge in [-0.1, -0.05) is 6.07 Å². The van der Waals surface area contributed by atoms with Crippen LogP contribution in [0, 0.1) is 13.0 Å². The summed E-state index contributed by atoms with van der Waals surface area (Å²) in [6.45, 7) is -0.533. The molecule has 0 aliphatic carbocycles. The van der Waals surface area contributed by atoms with Crippen molar-refractivity contribution in [3.63, 3.8) is 0 Å². The molecule has 0 fully saturated rings. The zero-order valence-corrected chi connectivity index (χ0v) is 9.69. The van der Waals surface area contributed by atoms with E-state index in [4.69, 9.17) is 0 Å². The van der Waals surface area contributed by atoms with Gasteiger partial charge in [-0.3, -0.25) is 0 Å². The van der Waals surface area contributed by atoms with E-state index in [1.165, 1.54) is 12.1 Å². The van der Waals surface area contributed by atoms with Gasteiger partial charge in [0.1, 0.15) is 12.5 Å². The van der Waals surface area contributed by atoms with E-state index < -0.39 is 6.67 Å². The van der Waals surface area contributed by atoms with Crippen molar-refractivity contribution in [3.8, 4) is 0 Å². The molecule has 0 unspecified atom stereocenters. The third-order valence-electron chi connectivity index (χ3n) is 1.26. The van der Waals surface area contributed by atoms with Gasteiger partial charge in [0.25, 0.3) is 0 Å². The Morgan fingerprint density at radius 3 is 2.36 bits per heavy atom. The van der Waals surface area contributed by atoms with E-state index in [-0.39, 0.29) is 5.82 Å². The Bertz CT molecular complexity index is 273. The smallest absolute Gasteiger partial charge is 0.137 e. The van der Waals surface area contributed by atoms with Crippen molar-refractivity contribution in [2.75, 3.05) is 0 Å². The Balaban J connectivity index is 3.25. The highest BCUT2D eigenvalue weighted by Gasteiger charge is 2.07. The SMILES string of the molecule is FCc1ccc(F)c(I)c1I. The highest BCUT2D eigenvalue weighted by atomic mass is 127. The summed E-state index contributed by atoms with van der Waals surface area (Å²) in [4.78, 5) is 0. The molecular formula is C7H4F2I2. The van der Waals surface area contributed by atoms with E-state index in [1.54, 1.807) is 0 Å². The molecule has 0 aliphatic rings. The molecule has 0 N–H and O–H groups in total. The second-order valence-electron chi connectivity index (χ2n) is 1.97. The summed E-state index contributed by atoms with van der Waals surface area (Å²) in [6, 6.07) is 2.76. The summed E-state index contributed by atoms with van der Waals surface area (Å²) < 4.78 is 26.1. The molecule has 1 rings (SSSR count). The number of benzene rings is 1. The van der Waals surface area contributed by atoms with Crippen molar-refractivity contribution in [1.29, 1.82) is 0 Å². The van der Waals surface area contributed by atoms with Gasteiger partial charge in [0.2, 0.25) is 0 Å². The largest absolute Gasteiger partial charge is 0.246 e. The van der Waals surface area contributed by atoms with E-state index in [2.05, 4.69) is 0 Å². The highest BCUT2D eigenvalue weighted by Crippen LogP contribution is 2.22. The Labute approximate surface area is 90.7 Å². The van der Waals surface area contributed by atoms with Gasteiger partial charge in [-0.15, -0.1) is 0 Å². The van der Waals surface area contributed by atoms with Crippen LogP contribution in [0.3, 0.4) is 0 Å². The molecule has 0 amide bonds. The Morgan fingerprint density at radius 1 is 1.18 bits per heavy atom. The van der Waals surface area contributed by atoms with Gasteiger partial charge in [0.05, 0.1) is 3.57 Å². The van der Waals surface area contributed by atoms with Gasteiger partial charge in [-0.25, -0.2) is 8.78 Å². The maximum atomic E-state index is 12.8. The molecule has 0 atom stereocenters. The molecule has 11 heavy (non-hydrogen) atoms. The number of rotatable bonds is 1. The summed E-state index contributed by atoms with van der Waals surface area (Å²) >= 11 is 3.81. The van der Waals surface area contributed by atoms with Crippen LogP contribution in [-0.2, 0) is 6.67 Å². The Kier molecular flexibility index (Phi) is 3.48. The third-order valence-corrected chi connectivity index (χ3v) is 4.58. The van der Waals surface area contributed by atoms with Crippen LogP contribution in [0.2, 0.25) is 0 Å². The number of halogens is 4. The normalized spacial score (nSPS) is 10.2. The predicted octanol–water partition coefficient (Wildman–Crippen LogP) is 3.50. The number of hydrogen-bond acceptors (Lipinski definition) is 0. The van der Waals surface area contributed by atoms with Crippen molar-refractivity contribution in [3.05, 3.63) is 30.7 Å². The molecule has 1 aromatic carbocycles. The van der Waals surface area contributed by atoms with Gasteiger partial charge in [-0.05, 0) is 56.8 Å². The highest BCUT2D eigenvalue weighted by molar-refractivity contribution is 14.1. The van der Waals surface area contributed by atoms with Gasteiger partial charge in [0.15, 0.2) is 0 Å². The summed E-state index contributed by atoms with van der Waals surface area (Å²) in [5, 5.41) is 0. The molecule has 60 valence electrons. The first-order valence-corrected chi connectivity index (χ1v) is 5.01. The fourth-order valence-corrected chi connectivity index (χ4v) is 1.78. The molecule has 0 aromatic heterocycles. The molecule has 0 saturated carbocycles. The predicted molar refractivity (Wildman–Crippen MR) is 56.6 cm³/mol. The van der Waals surface area contributed by atoms with Gasteiger partial charge in [0, 0.05) is 3.57 Å². The van der Waals surface area contributed by atoms with Crippen molar-refractivity contribution >= 4 is 45.2 Å². The lowest BCUT2D eigenvalue weighted by Gasteiger charge is -2.01. The number of hydrogen-bond donors (Lipinski definition) is 0. The van der Waals surface area contributed by atoms with Crippen LogP contribution in [0.5, 0.6) is 0 Å². The lowest BCUT2D eigenvalue weighted by Crippen LogP contribution is -1.92. The molecule has 0 nitrogen and oxygen atoms in total. The zero-order valence-electron chi connectivity index (χ0n) is 5.37. The van der Waals surface area contributed by atoms with Crippen LogP contribution >= 0.6 is 45.2 Å². The monoisotopic (exact) mass is 380 g/mol. The lowest BCUT2D eigenvalue weighted by atomic mass is 10.2. The van der Waals surface area contributed by atoms with Gasteiger partial charge < -0.3 is 0 Å². The maximum Gasteiger partial charge on any atom is 0.137 e. The average Bonchev–Trinajstić information content (AvgIpc) is 2.01. The van der Waals surface area contributed by atoms with E-state index in [9.17, 15) is 8.78 Å². The van der Waals surface area contributed by atoms with Crippen molar-refractivity contribution in [2.24, 2.45) is 0 Å². The van der Waals surface area contributed by atoms with Crippen LogP contribution in [0.25, 0.3) is 0 Å². The lowest BCUT2D eigenvalue weighted by molar-refractivity contribution is 0.482. The topological polar surface area (TPSA) is 0 Å². The van der Waals surface area contributed by atoms with E-state index in [1.807, 2.05) is 45.2 Å². The van der Waals surface area contributed by atoms with Crippen molar-refractivity contribution < 1.29 is 8.78 Å². The molecule has 0 aliphatic heterocycles. The van der Waals surface area contributed by atoms with Gasteiger partial charge in [-0.2, -0.15) is 0 Å². The molecule has 0 radical (unpaired) electrons. The Morgan fingerprint density at radius 2 is 1.82 bits per heavy atom. The van der Waals surface area contributed by atoms with E-state index in [0.717, 1.165) is 0 Å². The number of alkyl halides is 1. The molecular weight excluding hydrogens is 376 g/mol. The maximum absolute atomic E-state index is 12.8. The fourth-order valence-electron chi connectivity index (χ4n) is 0.669. The first-order valence-electron chi connectivity index (χ1n) is 2.85. The second kappa shape index (κ2) is 3.97. The van der Waals surface area contributed by atoms with Crippen LogP contribution in [0.1, 0.15) is 5.56 Å². The molecule has 0 bridgehead atoms. The van der Waals surface area contributed by atoms with Crippen molar-refractivity contribution in [1.82, 2.24) is 0 Å². The summed E-state index contributed by atoms with van der Waals surface area (Å²) in [6.07, 6.45) is 0. The van der Waals surface area contributed by atoms with Crippen LogP contribution < -0.4 is 0 Å². The van der Waals surface area contributed by atoms with Crippen LogP contribution in [-0.4, -0.2) is 0 Å². The zero-order chi connectivity index (χ0) is 8.43. The summed E-state index contributed by atoms with van der Waals surface area (Å²) in [7, 11) is 0. The molecule has 0 saturated heterocycles. The quantitative estimate of drug-likeness (QED) is 0.517. The summed E-state index contributed by atoms with van der Waals surface area (Å²) in [5.74, 6) is -0.285. The summed E-state index contributed by atoms with van der Waals surface area (Å²) in [5.41, 5.74) is 0.552. The minimum atomic E-state index is -0.533. The standard InChI is InChI=1S/C7H4F2I2/c8-3-4-1-2-5(9)7(11)6(4)10/h1-2H,3H2. The fraction of sp³-hybridized carbons (Fsp3) is 0.143. The molecule has 0 heterocycles. The van der Waals surface area contributed by atoms with Crippen LogP contribution in [0.15, 0.2) is 12.1 Å². The van der Waals surface area contributed by atoms with E-state index >= 15 is 0 Å². The van der Waals surface area contributed by atoms with Crippen LogP contribution in [0.4, 0.5) is 8.78 Å². The molecule has 0 spiro atoms. The minimum absolute atomic E-state index is 0.285. The first kappa shape index (κ1) is 9.63. The van der Waals surface area contributed by atoms with Crippen molar-refractivity contribution in [2.45, 2.75) is 6.67 Å².